The molecular weight excluding hydrogens is 596 g/mol. The Balaban J connectivity index is 1.65. The van der Waals surface area contributed by atoms with Gasteiger partial charge >= 0.3 is 5.97 Å². The summed E-state index contributed by atoms with van der Waals surface area (Å²) in [6.45, 7) is 1.86. The van der Waals surface area contributed by atoms with Gasteiger partial charge in [-0.1, -0.05) is 39.7 Å². The van der Waals surface area contributed by atoms with Gasteiger partial charge < -0.3 is 4.74 Å². The number of nitrogens with zero attached hydrogens (tertiary/aromatic N) is 2. The molecule has 38 heavy (non-hydrogen) atoms. The van der Waals surface area contributed by atoms with Crippen molar-refractivity contribution in [3.8, 4) is 0 Å². The molecule has 4 rings (SSSR count). The van der Waals surface area contributed by atoms with Gasteiger partial charge in [0.2, 0.25) is 15.9 Å². The molecule has 1 unspecified atom stereocenters. The van der Waals surface area contributed by atoms with E-state index in [1.165, 1.54) is 36.4 Å². The molecule has 0 bridgehead atoms. The van der Waals surface area contributed by atoms with Gasteiger partial charge in [0.15, 0.2) is 0 Å². The summed E-state index contributed by atoms with van der Waals surface area (Å²) < 4.78 is 34.3. The summed E-state index contributed by atoms with van der Waals surface area (Å²) >= 11 is 9.40. The number of imide groups is 1. The fourth-order valence-electron chi connectivity index (χ4n) is 4.19. The molecule has 3 aromatic carbocycles. The maximum absolute atomic E-state index is 13.7. The van der Waals surface area contributed by atoms with Crippen LogP contribution in [-0.2, 0) is 30.8 Å². The summed E-state index contributed by atoms with van der Waals surface area (Å²) in [7, 11) is -4.15. The van der Waals surface area contributed by atoms with Crippen LogP contribution < -0.4 is 4.90 Å². The number of carbonyl (C=O) groups is 3. The number of benzene rings is 3. The Morgan fingerprint density at radius 1 is 1.08 bits per heavy atom. The minimum absolute atomic E-state index is 0.00397. The lowest BCUT2D eigenvalue weighted by Gasteiger charge is -2.27. The Kier molecular flexibility index (Phi) is 8.67. The molecule has 0 spiro atoms. The van der Waals surface area contributed by atoms with Crippen molar-refractivity contribution in [1.82, 2.24) is 4.31 Å². The van der Waals surface area contributed by atoms with E-state index >= 15 is 0 Å². The zero-order valence-corrected chi connectivity index (χ0v) is 23.5. The number of halogens is 2. The monoisotopic (exact) mass is 618 g/mol. The Morgan fingerprint density at radius 2 is 1.76 bits per heavy atom. The van der Waals surface area contributed by atoms with Crippen LogP contribution in [0, 0.1) is 0 Å². The molecule has 0 N–H and O–H groups in total. The first kappa shape index (κ1) is 28.0. The lowest BCUT2D eigenvalue weighted by Crippen LogP contribution is -2.46. The Bertz CT molecular complexity index is 1460. The van der Waals surface area contributed by atoms with E-state index in [-0.39, 0.29) is 42.1 Å². The SMILES string of the molecule is CCOC(=O)c1ccc(N2C(=O)CC(N(CCc3cccc(Cl)c3)S(=O)(=O)c3ccc(Br)cc3)C2=O)cc1. The molecule has 0 saturated carbocycles. The maximum atomic E-state index is 13.7. The van der Waals surface area contributed by atoms with Gasteiger partial charge in [-0.3, -0.25) is 9.59 Å². The molecule has 1 aliphatic rings. The number of ether oxygens (including phenoxy) is 1. The number of anilines is 1. The summed E-state index contributed by atoms with van der Waals surface area (Å²) in [6.07, 6.45) is -0.0354. The molecule has 1 fully saturated rings. The van der Waals surface area contributed by atoms with Gasteiger partial charge in [0.05, 0.1) is 29.2 Å². The second kappa shape index (κ2) is 11.8. The molecular formula is C27H24BrClN2O6S. The first-order valence-corrected chi connectivity index (χ1v) is 14.4. The summed E-state index contributed by atoms with van der Waals surface area (Å²) in [5, 5.41) is 0.509. The molecule has 8 nitrogen and oxygen atoms in total. The predicted octanol–water partition coefficient (Wildman–Crippen LogP) is 4.84. The van der Waals surface area contributed by atoms with Crippen LogP contribution >= 0.6 is 27.5 Å². The standard InChI is InChI=1S/C27H24BrClN2O6S/c1-2-37-27(34)19-6-10-22(11-7-19)31-25(32)17-24(26(31)33)30(15-14-18-4-3-5-21(29)16-18)38(35,36)23-12-8-20(28)9-13-23/h3-13,16,24H,2,14-15,17H2,1H3. The largest absolute Gasteiger partial charge is 0.462 e. The molecule has 3 aromatic rings. The molecule has 0 aromatic heterocycles. The first-order valence-electron chi connectivity index (χ1n) is 11.8. The van der Waals surface area contributed by atoms with E-state index in [1.54, 1.807) is 37.3 Å². The van der Waals surface area contributed by atoms with Crippen molar-refractivity contribution in [1.29, 1.82) is 0 Å². The van der Waals surface area contributed by atoms with Crippen LogP contribution in [0.1, 0.15) is 29.3 Å². The summed E-state index contributed by atoms with van der Waals surface area (Å²) in [4.78, 5) is 39.5. The van der Waals surface area contributed by atoms with Gasteiger partial charge in [0.25, 0.3) is 5.91 Å². The Labute approximate surface area is 234 Å². The van der Waals surface area contributed by atoms with Crippen LogP contribution in [0.2, 0.25) is 5.02 Å². The summed E-state index contributed by atoms with van der Waals surface area (Å²) in [5.74, 6) is -1.72. The molecule has 1 heterocycles. The van der Waals surface area contributed by atoms with Gasteiger partial charge in [-0.05, 0) is 79.6 Å². The van der Waals surface area contributed by atoms with E-state index in [0.717, 1.165) is 14.8 Å². The van der Waals surface area contributed by atoms with Crippen LogP contribution in [0.15, 0.2) is 82.2 Å². The Hall–Kier alpha value is -3.05. The highest BCUT2D eigenvalue weighted by atomic mass is 79.9. The normalized spacial score (nSPS) is 15.8. The quantitative estimate of drug-likeness (QED) is 0.251. The Morgan fingerprint density at radius 3 is 2.39 bits per heavy atom. The third-order valence-electron chi connectivity index (χ3n) is 6.04. The lowest BCUT2D eigenvalue weighted by atomic mass is 10.1. The minimum atomic E-state index is -4.15. The van der Waals surface area contributed by atoms with Gasteiger partial charge in [-0.2, -0.15) is 4.31 Å². The van der Waals surface area contributed by atoms with E-state index in [4.69, 9.17) is 16.3 Å². The van der Waals surface area contributed by atoms with Gasteiger partial charge in [-0.25, -0.2) is 18.1 Å². The lowest BCUT2D eigenvalue weighted by molar-refractivity contribution is -0.122. The van der Waals surface area contributed by atoms with Crippen molar-refractivity contribution in [3.05, 3.63) is 93.4 Å². The highest BCUT2D eigenvalue weighted by Gasteiger charge is 2.46. The summed E-state index contributed by atoms with van der Waals surface area (Å²) in [5.41, 5.74) is 1.30. The van der Waals surface area contributed by atoms with Crippen molar-refractivity contribution < 1.29 is 27.5 Å². The van der Waals surface area contributed by atoms with Crippen molar-refractivity contribution in [3.63, 3.8) is 0 Å². The van der Waals surface area contributed by atoms with E-state index in [9.17, 15) is 22.8 Å². The van der Waals surface area contributed by atoms with Crippen molar-refractivity contribution in [2.45, 2.75) is 30.7 Å². The van der Waals surface area contributed by atoms with Crippen LogP contribution in [0.25, 0.3) is 0 Å². The highest BCUT2D eigenvalue weighted by molar-refractivity contribution is 9.10. The number of esters is 1. The topological polar surface area (TPSA) is 101 Å². The number of sulfonamides is 1. The molecule has 1 atom stereocenters. The van der Waals surface area contributed by atoms with Crippen molar-refractivity contribution in [2.75, 3.05) is 18.1 Å². The van der Waals surface area contributed by atoms with Crippen LogP contribution in [-0.4, -0.2) is 49.7 Å². The molecule has 2 amide bonds. The summed E-state index contributed by atoms with van der Waals surface area (Å²) in [6, 6.07) is 17.7. The number of amides is 2. The third-order valence-corrected chi connectivity index (χ3v) is 8.72. The number of rotatable bonds is 9. The van der Waals surface area contributed by atoms with Gasteiger partial charge in [0, 0.05) is 16.0 Å². The molecule has 11 heteroatoms. The second-order valence-electron chi connectivity index (χ2n) is 8.50. The highest BCUT2D eigenvalue weighted by Crippen LogP contribution is 2.30. The zero-order valence-electron chi connectivity index (χ0n) is 20.3. The van der Waals surface area contributed by atoms with E-state index in [0.29, 0.717) is 9.50 Å². The average Bonchev–Trinajstić information content (AvgIpc) is 3.17. The number of hydrogen-bond donors (Lipinski definition) is 0. The fourth-order valence-corrected chi connectivity index (χ4v) is 6.25. The molecule has 0 radical (unpaired) electrons. The number of carbonyl (C=O) groups excluding carboxylic acids is 3. The zero-order chi connectivity index (χ0) is 27.4. The average molecular weight is 620 g/mol. The molecule has 0 aliphatic carbocycles. The first-order chi connectivity index (χ1) is 18.1. The van der Waals surface area contributed by atoms with E-state index < -0.39 is 33.8 Å². The van der Waals surface area contributed by atoms with Gasteiger partial charge in [-0.15, -0.1) is 0 Å². The molecule has 1 saturated heterocycles. The van der Waals surface area contributed by atoms with Crippen LogP contribution in [0.4, 0.5) is 5.69 Å². The van der Waals surface area contributed by atoms with Gasteiger partial charge in [0.1, 0.15) is 6.04 Å². The molecule has 198 valence electrons. The van der Waals surface area contributed by atoms with E-state index in [2.05, 4.69) is 15.9 Å². The third kappa shape index (κ3) is 5.99. The van der Waals surface area contributed by atoms with Crippen LogP contribution in [0.5, 0.6) is 0 Å². The maximum Gasteiger partial charge on any atom is 0.338 e. The second-order valence-corrected chi connectivity index (χ2v) is 11.7. The molecule has 1 aliphatic heterocycles. The smallest absolute Gasteiger partial charge is 0.338 e. The fraction of sp³-hybridized carbons (Fsp3) is 0.222. The van der Waals surface area contributed by atoms with E-state index in [1.807, 2.05) is 6.07 Å². The van der Waals surface area contributed by atoms with Crippen molar-refractivity contribution >= 4 is 61.0 Å². The number of hydrogen-bond acceptors (Lipinski definition) is 6. The van der Waals surface area contributed by atoms with Crippen LogP contribution in [0.3, 0.4) is 0 Å². The minimum Gasteiger partial charge on any atom is -0.462 e. The van der Waals surface area contributed by atoms with Crippen molar-refractivity contribution in [2.24, 2.45) is 0 Å². The predicted molar refractivity (Wildman–Crippen MR) is 146 cm³/mol.